The van der Waals surface area contributed by atoms with E-state index in [0.717, 1.165) is 6.42 Å². The fourth-order valence-electron chi connectivity index (χ4n) is 1.12. The molecular weight excluding hydrogens is 168 g/mol. The van der Waals surface area contributed by atoms with Gasteiger partial charge >= 0.3 is 0 Å². The zero-order valence-corrected chi connectivity index (χ0v) is 8.68. The van der Waals surface area contributed by atoms with Crippen LogP contribution in [0.25, 0.3) is 0 Å². The molecule has 0 aromatic carbocycles. The summed E-state index contributed by atoms with van der Waals surface area (Å²) in [5, 5.41) is 5.34. The molecule has 0 rings (SSSR count). The second-order valence-electron chi connectivity index (χ2n) is 3.58. The highest BCUT2D eigenvalue weighted by atomic mass is 16.2. The number of carbonyl (C=O) groups excluding carboxylic acids is 2. The second kappa shape index (κ2) is 5.56. The third kappa shape index (κ3) is 7.31. The van der Waals surface area contributed by atoms with Crippen molar-refractivity contribution in [2.24, 2.45) is 5.92 Å². The summed E-state index contributed by atoms with van der Waals surface area (Å²) in [6, 6.07) is 0. The maximum atomic E-state index is 10.8. The van der Waals surface area contributed by atoms with Crippen LogP contribution in [0.3, 0.4) is 0 Å². The highest BCUT2D eigenvalue weighted by Gasteiger charge is 2.11. The van der Waals surface area contributed by atoms with Crippen molar-refractivity contribution >= 4 is 11.8 Å². The SMILES string of the molecule is CC(=O)NC(CC(C)C)NC(C)=O. The van der Waals surface area contributed by atoms with E-state index in [4.69, 9.17) is 0 Å². The first-order valence-corrected chi connectivity index (χ1v) is 4.46. The van der Waals surface area contributed by atoms with Crippen LogP contribution >= 0.6 is 0 Å². The maximum absolute atomic E-state index is 10.8. The van der Waals surface area contributed by atoms with Crippen LogP contribution in [0.1, 0.15) is 34.1 Å². The normalized spacial score (nSPS) is 10.3. The Bertz CT molecular complexity index is 174. The number of nitrogens with one attached hydrogen (secondary N) is 2. The molecular formula is C9H18N2O2. The Morgan fingerprint density at radius 3 is 1.69 bits per heavy atom. The van der Waals surface area contributed by atoms with Gasteiger partial charge in [0.1, 0.15) is 6.17 Å². The lowest BCUT2D eigenvalue weighted by Crippen LogP contribution is -2.47. The van der Waals surface area contributed by atoms with Crippen molar-refractivity contribution in [3.8, 4) is 0 Å². The minimum absolute atomic E-state index is 0.126. The first kappa shape index (κ1) is 11.9. The zero-order chi connectivity index (χ0) is 10.4. The van der Waals surface area contributed by atoms with Crippen molar-refractivity contribution in [2.75, 3.05) is 0 Å². The summed E-state index contributed by atoms with van der Waals surface area (Å²) in [7, 11) is 0. The fraction of sp³-hybridized carbons (Fsp3) is 0.778. The van der Waals surface area contributed by atoms with Crippen molar-refractivity contribution in [1.82, 2.24) is 10.6 Å². The largest absolute Gasteiger partial charge is 0.336 e. The first-order valence-electron chi connectivity index (χ1n) is 4.46. The van der Waals surface area contributed by atoms with Gasteiger partial charge in [-0.25, -0.2) is 0 Å². The Hall–Kier alpha value is -1.06. The van der Waals surface area contributed by atoms with Crippen LogP contribution in [0.4, 0.5) is 0 Å². The van der Waals surface area contributed by atoms with Crippen molar-refractivity contribution in [3.05, 3.63) is 0 Å². The molecule has 2 N–H and O–H groups in total. The molecule has 0 bridgehead atoms. The van der Waals surface area contributed by atoms with Gasteiger partial charge in [-0.15, -0.1) is 0 Å². The predicted molar refractivity (Wildman–Crippen MR) is 50.9 cm³/mol. The van der Waals surface area contributed by atoms with E-state index in [-0.39, 0.29) is 18.0 Å². The average molecular weight is 186 g/mol. The summed E-state index contributed by atoms with van der Waals surface area (Å²) in [4.78, 5) is 21.5. The fourth-order valence-corrected chi connectivity index (χ4v) is 1.12. The van der Waals surface area contributed by atoms with E-state index < -0.39 is 0 Å². The summed E-state index contributed by atoms with van der Waals surface area (Å²) < 4.78 is 0. The quantitative estimate of drug-likeness (QED) is 0.633. The van der Waals surface area contributed by atoms with Crippen molar-refractivity contribution in [3.63, 3.8) is 0 Å². The number of carbonyl (C=O) groups is 2. The lowest BCUT2D eigenvalue weighted by Gasteiger charge is -2.20. The molecule has 0 saturated carbocycles. The molecule has 0 aromatic heterocycles. The molecule has 0 saturated heterocycles. The number of hydrogen-bond donors (Lipinski definition) is 2. The molecule has 0 spiro atoms. The van der Waals surface area contributed by atoms with Gasteiger partial charge < -0.3 is 10.6 Å². The molecule has 4 nitrogen and oxygen atoms in total. The second-order valence-corrected chi connectivity index (χ2v) is 3.58. The number of amides is 2. The molecule has 13 heavy (non-hydrogen) atoms. The van der Waals surface area contributed by atoms with Crippen LogP contribution in [-0.2, 0) is 9.59 Å². The van der Waals surface area contributed by atoms with Gasteiger partial charge in [-0.3, -0.25) is 9.59 Å². The molecule has 0 aromatic rings. The molecule has 4 heteroatoms. The molecule has 0 aliphatic heterocycles. The topological polar surface area (TPSA) is 58.2 Å². The van der Waals surface area contributed by atoms with Crippen LogP contribution in [-0.4, -0.2) is 18.0 Å². The molecule has 2 amide bonds. The van der Waals surface area contributed by atoms with Crippen molar-refractivity contribution in [1.29, 1.82) is 0 Å². The highest BCUT2D eigenvalue weighted by molar-refractivity contribution is 5.76. The van der Waals surface area contributed by atoms with Crippen LogP contribution in [0.2, 0.25) is 0 Å². The Labute approximate surface area is 79.1 Å². The van der Waals surface area contributed by atoms with Gasteiger partial charge in [0.25, 0.3) is 0 Å². The van der Waals surface area contributed by atoms with Crippen LogP contribution in [0.5, 0.6) is 0 Å². The third-order valence-electron chi connectivity index (χ3n) is 1.46. The third-order valence-corrected chi connectivity index (χ3v) is 1.46. The highest BCUT2D eigenvalue weighted by Crippen LogP contribution is 2.02. The zero-order valence-electron chi connectivity index (χ0n) is 8.68. The monoisotopic (exact) mass is 186 g/mol. The minimum atomic E-state index is -0.241. The van der Waals surface area contributed by atoms with Crippen molar-refractivity contribution in [2.45, 2.75) is 40.3 Å². The smallest absolute Gasteiger partial charge is 0.218 e. The Balaban J connectivity index is 4.02. The van der Waals surface area contributed by atoms with Crippen molar-refractivity contribution < 1.29 is 9.59 Å². The summed E-state index contributed by atoms with van der Waals surface area (Å²) in [5.41, 5.74) is 0. The van der Waals surface area contributed by atoms with E-state index in [1.807, 2.05) is 13.8 Å². The molecule has 0 aliphatic carbocycles. The van der Waals surface area contributed by atoms with E-state index in [2.05, 4.69) is 10.6 Å². The molecule has 0 atom stereocenters. The lowest BCUT2D eigenvalue weighted by atomic mass is 10.1. The predicted octanol–water partition coefficient (Wildman–Crippen LogP) is 0.631. The molecule has 76 valence electrons. The molecule has 0 unspecified atom stereocenters. The van der Waals surface area contributed by atoms with Gasteiger partial charge in [0.05, 0.1) is 0 Å². The summed E-state index contributed by atoms with van der Waals surface area (Å²) in [5.74, 6) is 0.183. The Kier molecular flexibility index (Phi) is 5.11. The van der Waals surface area contributed by atoms with E-state index in [9.17, 15) is 9.59 Å². The number of rotatable bonds is 4. The van der Waals surface area contributed by atoms with E-state index in [1.54, 1.807) is 0 Å². The summed E-state index contributed by atoms with van der Waals surface area (Å²) in [6.07, 6.45) is 0.508. The standard InChI is InChI=1S/C9H18N2O2/c1-6(2)5-9(10-7(3)12)11-8(4)13/h6,9H,5H2,1-4H3,(H,10,12)(H,11,13). The van der Waals surface area contributed by atoms with Crippen LogP contribution in [0, 0.1) is 5.92 Å². The molecule has 0 aliphatic rings. The van der Waals surface area contributed by atoms with Crippen LogP contribution < -0.4 is 10.6 Å². The Morgan fingerprint density at radius 2 is 1.46 bits per heavy atom. The van der Waals surface area contributed by atoms with Gasteiger partial charge in [-0.2, -0.15) is 0 Å². The Morgan fingerprint density at radius 1 is 1.08 bits per heavy atom. The minimum Gasteiger partial charge on any atom is -0.336 e. The summed E-state index contributed by atoms with van der Waals surface area (Å²) >= 11 is 0. The van der Waals surface area contributed by atoms with Gasteiger partial charge in [0, 0.05) is 13.8 Å². The number of hydrogen-bond acceptors (Lipinski definition) is 2. The van der Waals surface area contributed by atoms with Gasteiger partial charge in [0.15, 0.2) is 0 Å². The van der Waals surface area contributed by atoms with E-state index in [1.165, 1.54) is 13.8 Å². The van der Waals surface area contributed by atoms with E-state index >= 15 is 0 Å². The molecule has 0 heterocycles. The average Bonchev–Trinajstić information content (AvgIpc) is 1.80. The van der Waals surface area contributed by atoms with Gasteiger partial charge in [-0.1, -0.05) is 13.8 Å². The summed E-state index contributed by atoms with van der Waals surface area (Å²) in [6.45, 7) is 6.96. The first-order chi connectivity index (χ1) is 5.91. The molecule has 0 fully saturated rings. The van der Waals surface area contributed by atoms with Gasteiger partial charge in [-0.05, 0) is 12.3 Å². The van der Waals surface area contributed by atoms with E-state index in [0.29, 0.717) is 5.92 Å². The lowest BCUT2D eigenvalue weighted by molar-refractivity contribution is -0.122. The molecule has 0 radical (unpaired) electrons. The maximum Gasteiger partial charge on any atom is 0.218 e. The van der Waals surface area contributed by atoms with Crippen LogP contribution in [0.15, 0.2) is 0 Å². The van der Waals surface area contributed by atoms with Gasteiger partial charge in [0.2, 0.25) is 11.8 Å².